The highest BCUT2D eigenvalue weighted by Gasteiger charge is 1.96. The summed E-state index contributed by atoms with van der Waals surface area (Å²) in [5, 5.41) is 1.95. The van der Waals surface area contributed by atoms with E-state index in [2.05, 4.69) is 5.92 Å². The second-order valence-corrected chi connectivity index (χ2v) is 5.04. The van der Waals surface area contributed by atoms with Crippen LogP contribution in [0.4, 0.5) is 0 Å². The summed E-state index contributed by atoms with van der Waals surface area (Å²) >= 11 is 0. The monoisotopic (exact) mass is 244 g/mol. The fourth-order valence-corrected chi connectivity index (χ4v) is 1.42. The summed E-state index contributed by atoms with van der Waals surface area (Å²) in [5.41, 5.74) is 0.877. The Labute approximate surface area is 93.4 Å². The smallest absolute Gasteiger partial charge is 0.300 e. The first-order valence-corrected chi connectivity index (χ1v) is 6.39. The van der Waals surface area contributed by atoms with Crippen LogP contribution in [0.2, 0.25) is 0 Å². The van der Waals surface area contributed by atoms with Crippen LogP contribution >= 0.6 is 10.7 Å². The van der Waals surface area contributed by atoms with Crippen molar-refractivity contribution in [2.75, 3.05) is 7.11 Å². The minimum atomic E-state index is -3.73. The third-order valence-electron chi connectivity index (χ3n) is 1.62. The lowest BCUT2D eigenvalue weighted by Crippen LogP contribution is -1.87. The number of hydrogen-bond donors (Lipinski definition) is 0. The molecule has 3 nitrogen and oxygen atoms in total. The highest BCUT2D eigenvalue weighted by atomic mass is 35.7. The first kappa shape index (κ1) is 11.9. The van der Waals surface area contributed by atoms with E-state index in [0.717, 1.165) is 5.56 Å². The zero-order valence-electron chi connectivity index (χ0n) is 8.03. The summed E-state index contributed by atoms with van der Waals surface area (Å²) in [6.07, 6.45) is 0.323. The van der Waals surface area contributed by atoms with Gasteiger partial charge >= 0.3 is 9.05 Å². The zero-order valence-corrected chi connectivity index (χ0v) is 9.60. The molecule has 5 heteroatoms. The predicted octanol–water partition coefficient (Wildman–Crippen LogP) is 1.77. The van der Waals surface area contributed by atoms with Crippen LogP contribution in [0, 0.1) is 11.2 Å². The van der Waals surface area contributed by atoms with Crippen molar-refractivity contribution < 1.29 is 13.2 Å². The quantitative estimate of drug-likeness (QED) is 0.588. The maximum atomic E-state index is 10.5. The van der Waals surface area contributed by atoms with Gasteiger partial charge < -0.3 is 4.74 Å². The van der Waals surface area contributed by atoms with Crippen LogP contribution in [0.25, 0.3) is 0 Å². The summed E-state index contributed by atoms with van der Waals surface area (Å²) < 4.78 is 26.0. The molecule has 0 aliphatic rings. The van der Waals surface area contributed by atoms with Gasteiger partial charge in [-0.25, -0.2) is 0 Å². The number of hydrogen-bond acceptors (Lipinski definition) is 3. The lowest BCUT2D eigenvalue weighted by molar-refractivity contribution is 0.414. The molecule has 0 aliphatic carbocycles. The van der Waals surface area contributed by atoms with E-state index in [1.807, 2.05) is 17.4 Å². The first-order valence-electron chi connectivity index (χ1n) is 4.08. The van der Waals surface area contributed by atoms with Gasteiger partial charge in [-0.05, 0) is 17.7 Å². The average molecular weight is 245 g/mol. The third-order valence-corrected chi connectivity index (χ3v) is 2.24. The molecule has 0 N–H and O–H groups in total. The van der Waals surface area contributed by atoms with Gasteiger partial charge in [-0.15, -0.1) is 0 Å². The minimum Gasteiger partial charge on any atom is -0.497 e. The largest absolute Gasteiger partial charge is 0.497 e. The molecule has 0 bridgehead atoms. The predicted molar refractivity (Wildman–Crippen MR) is 59.2 cm³/mol. The fourth-order valence-electron chi connectivity index (χ4n) is 1.01. The van der Waals surface area contributed by atoms with Gasteiger partial charge in [0.25, 0.3) is 0 Å². The second-order valence-electron chi connectivity index (χ2n) is 2.74. The highest BCUT2D eigenvalue weighted by Crippen LogP contribution is 2.12. The summed E-state index contributed by atoms with van der Waals surface area (Å²) in [6, 6.07) is 7.23. The third kappa shape index (κ3) is 4.73. The van der Waals surface area contributed by atoms with Gasteiger partial charge in [0.05, 0.1) is 7.11 Å². The van der Waals surface area contributed by atoms with E-state index in [1.54, 1.807) is 19.2 Å². The van der Waals surface area contributed by atoms with Gasteiger partial charge in [-0.1, -0.05) is 18.1 Å². The van der Waals surface area contributed by atoms with Crippen molar-refractivity contribution in [3.05, 3.63) is 29.8 Å². The van der Waals surface area contributed by atoms with E-state index in [-0.39, 0.29) is 0 Å². The van der Waals surface area contributed by atoms with Crippen molar-refractivity contribution in [2.45, 2.75) is 6.42 Å². The minimum absolute atomic E-state index is 0.323. The van der Waals surface area contributed by atoms with Crippen LogP contribution in [-0.2, 0) is 15.5 Å². The molecule has 1 rings (SSSR count). The SMILES string of the molecule is COc1cccc(CC#CS(=O)(=O)Cl)c1. The molecule has 80 valence electrons. The Morgan fingerprint density at radius 2 is 2.20 bits per heavy atom. The molecule has 0 saturated heterocycles. The van der Waals surface area contributed by atoms with E-state index < -0.39 is 9.05 Å². The van der Waals surface area contributed by atoms with Gasteiger partial charge in [0.1, 0.15) is 5.75 Å². The van der Waals surface area contributed by atoms with Crippen molar-refractivity contribution in [1.29, 1.82) is 0 Å². The topological polar surface area (TPSA) is 43.4 Å². The normalized spacial score (nSPS) is 10.3. The maximum absolute atomic E-state index is 10.5. The molecule has 0 heterocycles. The fraction of sp³-hybridized carbons (Fsp3) is 0.200. The molecule has 0 radical (unpaired) electrons. The van der Waals surface area contributed by atoms with E-state index in [4.69, 9.17) is 15.4 Å². The molecule has 0 aromatic heterocycles. The number of ether oxygens (including phenoxy) is 1. The molecule has 0 spiro atoms. The molecule has 15 heavy (non-hydrogen) atoms. The van der Waals surface area contributed by atoms with Crippen LogP contribution in [0.15, 0.2) is 24.3 Å². The second kappa shape index (κ2) is 5.06. The van der Waals surface area contributed by atoms with Crippen molar-refractivity contribution in [3.8, 4) is 16.9 Å². The van der Waals surface area contributed by atoms with E-state index in [0.29, 0.717) is 12.2 Å². The van der Waals surface area contributed by atoms with E-state index in [1.165, 1.54) is 0 Å². The molecular formula is C10H9ClO3S. The Balaban J connectivity index is 2.76. The van der Waals surface area contributed by atoms with Gasteiger partial charge in [-0.3, -0.25) is 0 Å². The molecule has 0 saturated carbocycles. The molecule has 1 aromatic carbocycles. The lowest BCUT2D eigenvalue weighted by Gasteiger charge is -2.00. The van der Waals surface area contributed by atoms with Crippen LogP contribution in [-0.4, -0.2) is 15.5 Å². The van der Waals surface area contributed by atoms with Gasteiger partial charge in [0.15, 0.2) is 0 Å². The summed E-state index contributed by atoms with van der Waals surface area (Å²) in [6.45, 7) is 0. The van der Waals surface area contributed by atoms with Gasteiger partial charge in [0, 0.05) is 22.4 Å². The van der Waals surface area contributed by atoms with Crippen LogP contribution in [0.5, 0.6) is 5.75 Å². The molecular weight excluding hydrogens is 236 g/mol. The number of rotatable bonds is 2. The molecule has 1 aromatic rings. The molecule has 0 aliphatic heterocycles. The van der Waals surface area contributed by atoms with Crippen LogP contribution in [0.3, 0.4) is 0 Å². The summed E-state index contributed by atoms with van der Waals surface area (Å²) in [5.74, 6) is 3.18. The highest BCUT2D eigenvalue weighted by molar-refractivity contribution is 8.17. The average Bonchev–Trinajstić information content (AvgIpc) is 2.16. The van der Waals surface area contributed by atoms with Gasteiger partial charge in [0.2, 0.25) is 0 Å². The molecule has 0 amide bonds. The van der Waals surface area contributed by atoms with Crippen molar-refractivity contribution in [2.24, 2.45) is 0 Å². The van der Waals surface area contributed by atoms with Crippen LogP contribution in [0.1, 0.15) is 5.56 Å². The number of benzene rings is 1. The summed E-state index contributed by atoms with van der Waals surface area (Å²) in [7, 11) is 2.77. The standard InChI is InChI=1S/C10H9ClO3S/c1-14-10-6-2-4-9(8-10)5-3-7-15(11,12)13/h2,4,6,8H,5H2,1H3. The lowest BCUT2D eigenvalue weighted by atomic mass is 10.1. The zero-order chi connectivity index (χ0) is 11.3. The Bertz CT molecular complexity index is 497. The van der Waals surface area contributed by atoms with E-state index in [9.17, 15) is 8.42 Å². The number of methoxy groups -OCH3 is 1. The van der Waals surface area contributed by atoms with Gasteiger partial charge in [-0.2, -0.15) is 8.42 Å². The first-order chi connectivity index (χ1) is 7.01. The Hall–Kier alpha value is -1.18. The Morgan fingerprint density at radius 3 is 2.80 bits per heavy atom. The Morgan fingerprint density at radius 1 is 1.47 bits per heavy atom. The Kier molecular flexibility index (Phi) is 4.01. The number of halogens is 1. The molecule has 0 atom stereocenters. The van der Waals surface area contributed by atoms with Crippen molar-refractivity contribution in [1.82, 2.24) is 0 Å². The maximum Gasteiger partial charge on any atom is 0.300 e. The van der Waals surface area contributed by atoms with Crippen molar-refractivity contribution >= 4 is 19.7 Å². The molecule has 0 unspecified atom stereocenters. The van der Waals surface area contributed by atoms with E-state index >= 15 is 0 Å². The van der Waals surface area contributed by atoms with Crippen molar-refractivity contribution in [3.63, 3.8) is 0 Å². The van der Waals surface area contributed by atoms with Crippen LogP contribution < -0.4 is 4.74 Å². The molecule has 0 fully saturated rings. The summed E-state index contributed by atoms with van der Waals surface area (Å²) in [4.78, 5) is 0.